The molecule has 0 aromatic rings. The zero-order chi connectivity index (χ0) is 14.1. The Hall–Kier alpha value is -1.58. The van der Waals surface area contributed by atoms with Crippen molar-refractivity contribution in [2.24, 2.45) is 11.8 Å². The van der Waals surface area contributed by atoms with Gasteiger partial charge in [-0.25, -0.2) is 4.79 Å². The molecule has 0 amide bonds. The Morgan fingerprint density at radius 2 is 2.00 bits per heavy atom. The van der Waals surface area contributed by atoms with Crippen LogP contribution in [0, 0.1) is 11.8 Å². The average molecular weight is 291 g/mol. The van der Waals surface area contributed by atoms with Crippen molar-refractivity contribution in [2.45, 2.75) is 12.2 Å². The number of hydrogen-bond acceptors (Lipinski definition) is 3. The van der Waals surface area contributed by atoms with E-state index in [1.54, 1.807) is 6.08 Å². The molecule has 0 fully saturated rings. The van der Waals surface area contributed by atoms with Crippen molar-refractivity contribution >= 4 is 17.6 Å². The number of esters is 1. The van der Waals surface area contributed by atoms with E-state index in [2.05, 4.69) is 0 Å². The minimum absolute atomic E-state index is 0.0419. The minimum atomic E-state index is -0.330. The fourth-order valence-electron chi connectivity index (χ4n) is 2.74. The third-order valence-corrected chi connectivity index (χ3v) is 3.98. The highest BCUT2D eigenvalue weighted by molar-refractivity contribution is 6.31. The van der Waals surface area contributed by atoms with Gasteiger partial charge >= 0.3 is 5.97 Å². The molecular weight excluding hydrogens is 276 g/mol. The van der Waals surface area contributed by atoms with Crippen molar-refractivity contribution in [3.63, 3.8) is 0 Å². The van der Waals surface area contributed by atoms with Crippen molar-refractivity contribution in [1.82, 2.24) is 0 Å². The molecule has 0 saturated heterocycles. The predicted octanol–water partition coefficient (Wildman–Crippen LogP) is 2.90. The van der Waals surface area contributed by atoms with E-state index in [0.29, 0.717) is 10.6 Å². The lowest BCUT2D eigenvalue weighted by Crippen LogP contribution is -2.30. The zero-order valence-electron chi connectivity index (χ0n) is 11.0. The second kappa shape index (κ2) is 5.43. The Morgan fingerprint density at radius 3 is 2.80 bits per heavy atom. The van der Waals surface area contributed by atoms with Crippen LogP contribution in [0.25, 0.3) is 0 Å². The molecule has 0 aromatic heterocycles. The number of rotatable bonds is 1. The monoisotopic (exact) mass is 290 g/mol. The molecule has 0 aromatic carbocycles. The number of hydrogen-bond donors (Lipinski definition) is 0. The predicted molar refractivity (Wildman–Crippen MR) is 77.1 cm³/mol. The van der Waals surface area contributed by atoms with Crippen LogP contribution in [0.5, 0.6) is 0 Å². The summed E-state index contributed by atoms with van der Waals surface area (Å²) in [5, 5.41) is 0.612. The highest BCUT2D eigenvalue weighted by Gasteiger charge is 2.36. The van der Waals surface area contributed by atoms with Crippen LogP contribution in [0.2, 0.25) is 0 Å². The molecule has 0 bridgehead atoms. The molecule has 1 heterocycles. The first-order chi connectivity index (χ1) is 9.69. The Kier molecular flexibility index (Phi) is 3.64. The minimum Gasteiger partial charge on any atom is -0.466 e. The fourth-order valence-corrected chi connectivity index (χ4v) is 2.95. The number of carbonyl (C=O) groups is 1. The van der Waals surface area contributed by atoms with Gasteiger partial charge in [-0.15, -0.1) is 0 Å². The molecule has 20 heavy (non-hydrogen) atoms. The van der Waals surface area contributed by atoms with Crippen LogP contribution < -0.4 is 0 Å². The first kappa shape index (κ1) is 13.4. The van der Waals surface area contributed by atoms with E-state index >= 15 is 0 Å². The molecular formula is C16H15ClO3. The first-order valence-corrected chi connectivity index (χ1v) is 6.93. The molecule has 4 unspecified atom stereocenters. The maximum atomic E-state index is 12.1. The van der Waals surface area contributed by atoms with Gasteiger partial charge in [0, 0.05) is 22.4 Å². The lowest BCUT2D eigenvalue weighted by molar-refractivity contribution is -0.137. The number of halogens is 1. The van der Waals surface area contributed by atoms with Gasteiger partial charge in [-0.3, -0.25) is 0 Å². The van der Waals surface area contributed by atoms with E-state index in [9.17, 15) is 4.79 Å². The van der Waals surface area contributed by atoms with Gasteiger partial charge in [0.05, 0.1) is 19.3 Å². The summed E-state index contributed by atoms with van der Waals surface area (Å²) in [6.07, 6.45) is 15.2. The molecule has 3 nitrogen and oxygen atoms in total. The van der Waals surface area contributed by atoms with Crippen molar-refractivity contribution < 1.29 is 14.3 Å². The summed E-state index contributed by atoms with van der Waals surface area (Å²) in [5.41, 5.74) is 0.604. The summed E-state index contributed by atoms with van der Waals surface area (Å²) in [6, 6.07) is 0. The Bertz CT molecular complexity index is 568. The number of allylic oxidation sites excluding steroid dienone is 4. The van der Waals surface area contributed by atoms with E-state index in [1.807, 2.05) is 42.5 Å². The summed E-state index contributed by atoms with van der Waals surface area (Å²) < 4.78 is 11.0. The van der Waals surface area contributed by atoms with Crippen LogP contribution in [0.4, 0.5) is 0 Å². The van der Waals surface area contributed by atoms with Crippen LogP contribution >= 0.6 is 11.6 Å². The van der Waals surface area contributed by atoms with Crippen molar-refractivity contribution in [2.75, 3.05) is 7.11 Å². The Labute approximate surface area is 122 Å². The molecule has 4 atom stereocenters. The van der Waals surface area contributed by atoms with E-state index in [0.717, 1.165) is 0 Å². The third-order valence-electron chi connectivity index (χ3n) is 3.73. The summed E-state index contributed by atoms with van der Waals surface area (Å²) in [4.78, 5) is 12.1. The molecule has 2 aliphatic carbocycles. The van der Waals surface area contributed by atoms with Gasteiger partial charge < -0.3 is 9.47 Å². The Morgan fingerprint density at radius 1 is 1.20 bits per heavy atom. The number of ether oxygens (including phenoxy) is 2. The smallest absolute Gasteiger partial charge is 0.334 e. The maximum Gasteiger partial charge on any atom is 0.334 e. The summed E-state index contributed by atoms with van der Waals surface area (Å²) in [7, 11) is 1.39. The number of carbonyl (C=O) groups excluding carboxylic acids is 1. The number of fused-ring (bicyclic) bond motifs is 2. The maximum absolute atomic E-state index is 12.1. The quantitative estimate of drug-likeness (QED) is 0.697. The molecule has 1 aliphatic heterocycles. The largest absolute Gasteiger partial charge is 0.466 e. The van der Waals surface area contributed by atoms with Crippen molar-refractivity contribution in [3.05, 3.63) is 59.2 Å². The average Bonchev–Trinajstić information content (AvgIpc) is 2.63. The van der Waals surface area contributed by atoms with Crippen LogP contribution in [0.1, 0.15) is 0 Å². The molecule has 3 aliphatic rings. The molecule has 3 rings (SSSR count). The molecule has 0 spiro atoms. The Balaban J connectivity index is 2.04. The topological polar surface area (TPSA) is 35.5 Å². The van der Waals surface area contributed by atoms with Crippen molar-refractivity contribution in [3.8, 4) is 0 Å². The van der Waals surface area contributed by atoms with E-state index in [-0.39, 0.29) is 30.0 Å². The fraction of sp³-hybridized carbons (Fsp3) is 0.312. The SMILES string of the molecule is COC(=O)C1=CC2C=CC=CC2OC2C=CC(Cl)=CC12. The van der Waals surface area contributed by atoms with Crippen molar-refractivity contribution in [1.29, 1.82) is 0 Å². The molecule has 0 radical (unpaired) electrons. The van der Waals surface area contributed by atoms with Crippen LogP contribution in [0.3, 0.4) is 0 Å². The van der Waals surface area contributed by atoms with Gasteiger partial charge in [0.25, 0.3) is 0 Å². The van der Waals surface area contributed by atoms with Gasteiger partial charge in [0.15, 0.2) is 0 Å². The van der Waals surface area contributed by atoms with Gasteiger partial charge in [0.1, 0.15) is 0 Å². The lowest BCUT2D eigenvalue weighted by atomic mass is 9.87. The third kappa shape index (κ3) is 2.39. The van der Waals surface area contributed by atoms with Gasteiger partial charge in [-0.1, -0.05) is 54.1 Å². The van der Waals surface area contributed by atoms with E-state index in [1.165, 1.54) is 7.11 Å². The van der Waals surface area contributed by atoms with E-state index < -0.39 is 0 Å². The van der Waals surface area contributed by atoms with Crippen LogP contribution in [0.15, 0.2) is 59.2 Å². The van der Waals surface area contributed by atoms with Gasteiger partial charge in [-0.2, -0.15) is 0 Å². The lowest BCUT2D eigenvalue weighted by Gasteiger charge is -2.27. The second-order valence-corrected chi connectivity index (χ2v) is 5.40. The summed E-state index contributed by atoms with van der Waals surface area (Å²) in [6.45, 7) is 0. The molecule has 104 valence electrons. The van der Waals surface area contributed by atoms with E-state index in [4.69, 9.17) is 21.1 Å². The summed E-state index contributed by atoms with van der Waals surface area (Å²) >= 11 is 6.07. The normalized spacial score (nSPS) is 34.5. The number of methoxy groups -OCH3 is 1. The zero-order valence-corrected chi connectivity index (χ0v) is 11.8. The molecule has 4 heteroatoms. The van der Waals surface area contributed by atoms with Crippen LogP contribution in [-0.4, -0.2) is 25.3 Å². The van der Waals surface area contributed by atoms with Gasteiger partial charge in [0.2, 0.25) is 0 Å². The second-order valence-electron chi connectivity index (χ2n) is 4.96. The molecule has 0 N–H and O–H groups in total. The highest BCUT2D eigenvalue weighted by atomic mass is 35.5. The molecule has 0 saturated carbocycles. The summed E-state index contributed by atoms with van der Waals surface area (Å²) in [5.74, 6) is -0.490. The highest BCUT2D eigenvalue weighted by Crippen LogP contribution is 2.36. The van der Waals surface area contributed by atoms with Crippen LogP contribution in [-0.2, 0) is 14.3 Å². The first-order valence-electron chi connectivity index (χ1n) is 6.55. The standard InChI is InChI=1S/C16H15ClO3/c1-19-16(18)13-8-10-4-2-3-5-14(10)20-15-7-6-11(17)9-12(13)15/h2-10,12,14-15H,1H3. The van der Waals surface area contributed by atoms with Gasteiger partial charge in [-0.05, 0) is 6.08 Å².